The Balaban J connectivity index is 1.51. The fraction of sp³-hybridized carbons (Fsp3) is 0.333. The van der Waals surface area contributed by atoms with E-state index in [9.17, 15) is 22.8 Å². The Morgan fingerprint density at radius 3 is 2.29 bits per heavy atom. The van der Waals surface area contributed by atoms with E-state index in [1.807, 2.05) is 31.2 Å². The van der Waals surface area contributed by atoms with Crippen LogP contribution in [0.5, 0.6) is 11.5 Å². The van der Waals surface area contributed by atoms with E-state index < -0.39 is 18.7 Å². The van der Waals surface area contributed by atoms with Crippen LogP contribution in [0.4, 0.5) is 13.2 Å². The number of hydrogen-bond donors (Lipinski definition) is 1. The molecule has 7 rings (SSSR count). The average molecular weight is 578 g/mol. The third-order valence-corrected chi connectivity index (χ3v) is 8.46. The topological polar surface area (TPSA) is 77.8 Å². The summed E-state index contributed by atoms with van der Waals surface area (Å²) in [5, 5.41) is 3.04. The van der Waals surface area contributed by atoms with Gasteiger partial charge in [-0.15, -0.1) is 0 Å². The molecule has 0 saturated heterocycles. The minimum atomic E-state index is -4.58. The number of furan rings is 1. The van der Waals surface area contributed by atoms with Gasteiger partial charge in [0, 0.05) is 36.0 Å². The minimum absolute atomic E-state index is 0.0637. The molecule has 1 heterocycles. The first-order valence-electron chi connectivity index (χ1n) is 13.8. The molecule has 4 aromatic rings. The van der Waals surface area contributed by atoms with Crippen molar-refractivity contribution in [2.24, 2.45) is 11.3 Å². The number of carbonyl (C=O) groups is 2. The van der Waals surface area contributed by atoms with Crippen molar-refractivity contribution in [3.05, 3.63) is 71.3 Å². The van der Waals surface area contributed by atoms with Gasteiger partial charge in [-0.05, 0) is 61.3 Å². The number of alkyl halides is 3. The number of fused-ring (bicyclic) bond motifs is 1. The quantitative estimate of drug-likeness (QED) is 0.206. The lowest BCUT2D eigenvalue weighted by Crippen LogP contribution is -2.52. The zero-order valence-electron chi connectivity index (χ0n) is 23.5. The van der Waals surface area contributed by atoms with Gasteiger partial charge in [0.15, 0.2) is 12.4 Å². The maximum atomic E-state index is 13.4. The van der Waals surface area contributed by atoms with Crippen molar-refractivity contribution in [3.63, 3.8) is 0 Å². The predicted octanol–water partition coefficient (Wildman–Crippen LogP) is 7.76. The molecular formula is C33H30F3NO5. The molecule has 1 amide bonds. The zero-order chi connectivity index (χ0) is 29.8. The molecule has 0 unspecified atom stereocenters. The molecule has 218 valence electrons. The van der Waals surface area contributed by atoms with Crippen LogP contribution < -0.4 is 14.8 Å². The first-order chi connectivity index (χ1) is 20.0. The van der Waals surface area contributed by atoms with Crippen LogP contribution in [0.1, 0.15) is 52.0 Å². The van der Waals surface area contributed by atoms with Crippen molar-refractivity contribution >= 4 is 22.7 Å². The van der Waals surface area contributed by atoms with Gasteiger partial charge in [0.25, 0.3) is 5.91 Å². The standard InChI is InChI=1S/C33H30F3NO5/c1-18-4-6-20(7-5-18)30-29(31(39)37-2)24-11-22(27(12-28(24)42-30)41-17-33(34,35)36)21-8-9-26(40-3)23(10-21)25(38)16-32-13-19(14-32)15-32/h4-12,19H,13-17H2,1-3H3,(H,37,39). The van der Waals surface area contributed by atoms with Gasteiger partial charge in [-0.25, -0.2) is 0 Å². The molecule has 3 aliphatic rings. The van der Waals surface area contributed by atoms with Crippen molar-refractivity contribution in [2.75, 3.05) is 20.8 Å². The number of amides is 1. The SMILES string of the molecule is CNC(=O)c1c(-c2ccc(C)cc2)oc2cc(OCC(F)(F)F)c(-c3ccc(OC)c(C(=O)CC45CC(C4)C5)c3)cc12. The summed E-state index contributed by atoms with van der Waals surface area (Å²) in [6.07, 6.45) is -1.02. The molecular weight excluding hydrogens is 547 g/mol. The molecule has 6 nitrogen and oxygen atoms in total. The number of aryl methyl sites for hydroxylation is 1. The molecule has 0 atom stereocenters. The maximum Gasteiger partial charge on any atom is 0.422 e. The molecule has 1 aromatic heterocycles. The van der Waals surface area contributed by atoms with Gasteiger partial charge < -0.3 is 19.2 Å². The van der Waals surface area contributed by atoms with Crippen LogP contribution in [0.3, 0.4) is 0 Å². The third kappa shape index (κ3) is 5.01. The van der Waals surface area contributed by atoms with E-state index in [-0.39, 0.29) is 39.4 Å². The number of nitrogens with one attached hydrogen (secondary N) is 1. The number of rotatable bonds is 9. The van der Waals surface area contributed by atoms with E-state index >= 15 is 0 Å². The van der Waals surface area contributed by atoms with Gasteiger partial charge in [0.05, 0.1) is 18.2 Å². The van der Waals surface area contributed by atoms with Gasteiger partial charge in [-0.2, -0.15) is 13.2 Å². The number of hydrogen-bond acceptors (Lipinski definition) is 5. The van der Waals surface area contributed by atoms with Crippen LogP contribution in [-0.4, -0.2) is 38.6 Å². The highest BCUT2D eigenvalue weighted by atomic mass is 19.4. The van der Waals surface area contributed by atoms with Gasteiger partial charge in [0.1, 0.15) is 22.8 Å². The average Bonchev–Trinajstić information content (AvgIpc) is 3.30. The van der Waals surface area contributed by atoms with Crippen LogP contribution in [0.25, 0.3) is 33.4 Å². The Bertz CT molecular complexity index is 1690. The summed E-state index contributed by atoms with van der Waals surface area (Å²) >= 11 is 0. The number of ketones is 1. The van der Waals surface area contributed by atoms with E-state index in [4.69, 9.17) is 13.9 Å². The van der Waals surface area contributed by atoms with Crippen molar-refractivity contribution in [2.45, 2.75) is 38.8 Å². The van der Waals surface area contributed by atoms with E-state index in [1.54, 1.807) is 24.3 Å². The number of ether oxygens (including phenoxy) is 2. The predicted molar refractivity (Wildman–Crippen MR) is 152 cm³/mol. The Kier molecular flexibility index (Phi) is 6.78. The highest BCUT2D eigenvalue weighted by molar-refractivity contribution is 6.12. The molecule has 42 heavy (non-hydrogen) atoms. The summed E-state index contributed by atoms with van der Waals surface area (Å²) in [6.45, 7) is 0.409. The summed E-state index contributed by atoms with van der Waals surface area (Å²) in [4.78, 5) is 26.6. The van der Waals surface area contributed by atoms with Crippen LogP contribution in [0.15, 0.2) is 59.0 Å². The summed E-state index contributed by atoms with van der Waals surface area (Å²) in [6, 6.07) is 15.3. The molecule has 0 radical (unpaired) electrons. The van der Waals surface area contributed by atoms with Crippen LogP contribution in [-0.2, 0) is 0 Å². The zero-order valence-corrected chi connectivity index (χ0v) is 23.5. The normalized spacial score (nSPS) is 19.1. The van der Waals surface area contributed by atoms with Crippen molar-refractivity contribution in [1.29, 1.82) is 0 Å². The van der Waals surface area contributed by atoms with Crippen molar-refractivity contribution in [1.82, 2.24) is 5.32 Å². The summed E-state index contributed by atoms with van der Waals surface area (Å²) in [5.74, 6) is 0.832. The maximum absolute atomic E-state index is 13.4. The number of carbonyl (C=O) groups excluding carboxylic acids is 2. The summed E-state index contributed by atoms with van der Waals surface area (Å²) in [7, 11) is 2.97. The lowest BCUT2D eigenvalue weighted by molar-refractivity contribution is -0.153. The van der Waals surface area contributed by atoms with Crippen molar-refractivity contribution in [3.8, 4) is 33.9 Å². The smallest absolute Gasteiger partial charge is 0.422 e. The number of Topliss-reactive ketones (excluding diaryl/α,β-unsaturated/α-hetero) is 1. The lowest BCUT2D eigenvalue weighted by Gasteiger charge is -2.62. The Hall–Kier alpha value is -4.27. The van der Waals surface area contributed by atoms with Crippen LogP contribution in [0, 0.1) is 18.3 Å². The number of methoxy groups -OCH3 is 1. The first kappa shape index (κ1) is 27.9. The summed E-state index contributed by atoms with van der Waals surface area (Å²) < 4.78 is 56.7. The lowest BCUT2D eigenvalue weighted by atomic mass is 9.43. The second kappa shape index (κ2) is 10.2. The second-order valence-electron chi connectivity index (χ2n) is 11.5. The number of halogens is 3. The second-order valence-corrected chi connectivity index (χ2v) is 11.5. The Labute approximate surface area is 240 Å². The molecule has 0 spiro atoms. The van der Waals surface area contributed by atoms with Gasteiger partial charge >= 0.3 is 6.18 Å². The monoisotopic (exact) mass is 577 g/mol. The van der Waals surface area contributed by atoms with Gasteiger partial charge in [-0.1, -0.05) is 35.9 Å². The van der Waals surface area contributed by atoms with E-state index in [0.717, 1.165) is 30.7 Å². The highest BCUT2D eigenvalue weighted by Gasteiger charge is 2.57. The molecule has 2 bridgehead atoms. The van der Waals surface area contributed by atoms with E-state index in [2.05, 4.69) is 5.32 Å². The molecule has 9 heteroatoms. The molecule has 3 saturated carbocycles. The van der Waals surface area contributed by atoms with Gasteiger partial charge in [-0.3, -0.25) is 9.59 Å². The molecule has 3 aliphatic carbocycles. The highest BCUT2D eigenvalue weighted by Crippen LogP contribution is 2.66. The third-order valence-electron chi connectivity index (χ3n) is 8.46. The molecule has 3 aromatic carbocycles. The van der Waals surface area contributed by atoms with Crippen LogP contribution >= 0.6 is 0 Å². The fourth-order valence-corrected chi connectivity index (χ4v) is 6.29. The Morgan fingerprint density at radius 1 is 1.00 bits per heavy atom. The molecule has 0 aliphatic heterocycles. The summed E-state index contributed by atoms with van der Waals surface area (Å²) in [5.41, 5.74) is 3.26. The van der Waals surface area contributed by atoms with Gasteiger partial charge in [0.2, 0.25) is 0 Å². The molecule has 1 N–H and O–H groups in total. The Morgan fingerprint density at radius 2 is 1.69 bits per heavy atom. The largest absolute Gasteiger partial charge is 0.496 e. The first-order valence-corrected chi connectivity index (χ1v) is 13.8. The fourth-order valence-electron chi connectivity index (χ4n) is 6.29. The molecule has 3 fully saturated rings. The van der Waals surface area contributed by atoms with E-state index in [0.29, 0.717) is 34.2 Å². The van der Waals surface area contributed by atoms with E-state index in [1.165, 1.54) is 20.2 Å². The number of benzene rings is 3. The van der Waals surface area contributed by atoms with Crippen LogP contribution in [0.2, 0.25) is 0 Å². The minimum Gasteiger partial charge on any atom is -0.496 e. The van der Waals surface area contributed by atoms with Crippen molar-refractivity contribution < 1.29 is 36.7 Å².